The molecule has 11 atom stereocenters. The predicted octanol–water partition coefficient (Wildman–Crippen LogP) is 3.55. The molecule has 9 N–H and O–H groups in total. The zero-order chi connectivity index (χ0) is 69.2. The molecule has 4 aliphatic heterocycles. The molecule has 0 radical (unpaired) electrons. The van der Waals surface area contributed by atoms with E-state index in [9.17, 15) is 38.4 Å². The first-order valence-corrected chi connectivity index (χ1v) is 35.0. The third-order valence-electron chi connectivity index (χ3n) is 19.4. The van der Waals surface area contributed by atoms with Crippen LogP contribution in [0.25, 0.3) is 0 Å². The Balaban J connectivity index is 0.665. The Morgan fingerprint density at radius 1 is 0.541 bits per heavy atom. The average molecular weight is 1350 g/mol. The highest BCUT2D eigenvalue weighted by molar-refractivity contribution is 5.97. The van der Waals surface area contributed by atoms with E-state index in [0.29, 0.717) is 128 Å². The fraction of sp³-hybridized carbons (Fsp3) is 0.534. The molecular weight excluding hydrogens is 1250 g/mol. The third-order valence-corrected chi connectivity index (χ3v) is 19.4. The van der Waals surface area contributed by atoms with E-state index in [1.807, 2.05) is 111 Å². The molecule has 0 unspecified atom stereocenters. The van der Waals surface area contributed by atoms with Crippen LogP contribution in [0.15, 0.2) is 128 Å². The number of nitrogens with one attached hydrogen (secondary N) is 9. The van der Waals surface area contributed by atoms with Crippen LogP contribution in [0, 0.1) is 11.8 Å². The number of aryl methyl sites for hydroxylation is 1. The largest absolute Gasteiger partial charge is 0.377 e. The number of ether oxygens (including phenoxy) is 3. The molecule has 25 heteroatoms. The summed E-state index contributed by atoms with van der Waals surface area (Å²) >= 11 is 0. The zero-order valence-corrected chi connectivity index (χ0v) is 57.0. The standard InChI is InChI=1S/C73H100N14O11/c1-5-58(74-3)67(89)81-65-53(46-76-45-49-19-11-7-12-20-49)27-30-56-33-35-61(87(56)72(65)94)70(92)80-64(52-25-17-10-18-26-52)71(93)77-37-39-96-41-43-98-44-42-97-40-38-85-48-55(83-84-85)29-36-62(88)78-47-54-28-31-57-32-34-60(86(57)73(95)66(54)82-68(90)59(6-2)75-4)69(91)79-63(50-21-13-8-14-22-50)51-23-15-9-16-24-51/h7-26,48,53-54,56-61,63-66,74-76H,5-6,27-47H2,1-4H3,(H,77,93)(H,78,88)(H,79,91)(H,80,92)(H,81,89)(H,82,90)/t53-,54-,56+,57+,58+,59+,60+,61+,64+,65+,66+/m1/s1. The van der Waals surface area contributed by atoms with Crippen molar-refractivity contribution in [3.63, 3.8) is 0 Å². The van der Waals surface area contributed by atoms with E-state index < -0.39 is 66.1 Å². The van der Waals surface area contributed by atoms with Crippen molar-refractivity contribution in [3.05, 3.63) is 155 Å². The molecule has 0 spiro atoms. The van der Waals surface area contributed by atoms with Gasteiger partial charge < -0.3 is 71.9 Å². The summed E-state index contributed by atoms with van der Waals surface area (Å²) < 4.78 is 18.9. The molecule has 9 rings (SSSR count). The average Bonchev–Trinajstić information content (AvgIpc) is 1.64. The lowest BCUT2D eigenvalue weighted by atomic mass is 9.92. The maximum Gasteiger partial charge on any atom is 0.247 e. The highest BCUT2D eigenvalue weighted by atomic mass is 16.5. The van der Waals surface area contributed by atoms with Gasteiger partial charge in [0.2, 0.25) is 47.3 Å². The van der Waals surface area contributed by atoms with Crippen molar-refractivity contribution >= 4 is 47.3 Å². The van der Waals surface area contributed by atoms with Crippen LogP contribution < -0.4 is 47.9 Å². The van der Waals surface area contributed by atoms with Crippen molar-refractivity contribution in [2.75, 3.05) is 73.4 Å². The number of amides is 8. The van der Waals surface area contributed by atoms with Gasteiger partial charge in [-0.05, 0) is 101 Å². The Labute approximate surface area is 575 Å². The van der Waals surface area contributed by atoms with E-state index in [0.717, 1.165) is 16.7 Å². The fourth-order valence-electron chi connectivity index (χ4n) is 14.0. The monoisotopic (exact) mass is 1350 g/mol. The highest BCUT2D eigenvalue weighted by Crippen LogP contribution is 2.37. The minimum atomic E-state index is -1.04. The van der Waals surface area contributed by atoms with Gasteiger partial charge in [-0.15, -0.1) is 5.10 Å². The molecule has 25 nitrogen and oxygen atoms in total. The maximum absolute atomic E-state index is 14.8. The summed E-state index contributed by atoms with van der Waals surface area (Å²) in [5.41, 5.74) is 4.15. The second-order valence-electron chi connectivity index (χ2n) is 25.8. The molecule has 98 heavy (non-hydrogen) atoms. The molecule has 0 aliphatic carbocycles. The summed E-state index contributed by atoms with van der Waals surface area (Å²) in [4.78, 5) is 116. The lowest BCUT2D eigenvalue weighted by Crippen LogP contribution is -2.59. The van der Waals surface area contributed by atoms with Crippen molar-refractivity contribution < 1.29 is 52.6 Å². The molecule has 8 amide bonds. The van der Waals surface area contributed by atoms with Crippen LogP contribution in [0.3, 0.4) is 0 Å². The van der Waals surface area contributed by atoms with Gasteiger partial charge in [-0.25, -0.2) is 4.68 Å². The van der Waals surface area contributed by atoms with E-state index in [2.05, 4.69) is 58.2 Å². The molecule has 0 bridgehead atoms. The zero-order valence-electron chi connectivity index (χ0n) is 57.0. The predicted molar refractivity (Wildman–Crippen MR) is 368 cm³/mol. The Kier molecular flexibility index (Phi) is 28.6. The van der Waals surface area contributed by atoms with Crippen LogP contribution in [0.1, 0.15) is 125 Å². The number of carbonyl (C=O) groups excluding carboxylic acids is 8. The number of hydrogen-bond donors (Lipinski definition) is 9. The van der Waals surface area contributed by atoms with Crippen LogP contribution in [0.4, 0.5) is 0 Å². The van der Waals surface area contributed by atoms with Crippen LogP contribution in [0.2, 0.25) is 0 Å². The number of likely N-dealkylation sites (N-methyl/N-ethyl adjacent to an activating group) is 2. The molecule has 4 aromatic carbocycles. The van der Waals surface area contributed by atoms with Gasteiger partial charge in [0, 0.05) is 69.1 Å². The van der Waals surface area contributed by atoms with Gasteiger partial charge in [0.05, 0.1) is 70.0 Å². The van der Waals surface area contributed by atoms with Crippen molar-refractivity contribution in [1.82, 2.24) is 72.6 Å². The molecule has 4 aliphatic rings. The van der Waals surface area contributed by atoms with E-state index in [1.54, 1.807) is 59.0 Å². The number of rotatable bonds is 37. The fourth-order valence-corrected chi connectivity index (χ4v) is 14.0. The van der Waals surface area contributed by atoms with Crippen molar-refractivity contribution in [2.45, 2.75) is 164 Å². The van der Waals surface area contributed by atoms with E-state index in [-0.39, 0.29) is 86.2 Å². The van der Waals surface area contributed by atoms with E-state index >= 15 is 0 Å². The summed E-state index contributed by atoms with van der Waals surface area (Å²) in [6, 6.07) is 32.2. The van der Waals surface area contributed by atoms with Gasteiger partial charge in [-0.2, -0.15) is 0 Å². The first kappa shape index (κ1) is 73.8. The van der Waals surface area contributed by atoms with Gasteiger partial charge in [-0.1, -0.05) is 140 Å². The highest BCUT2D eigenvalue weighted by Gasteiger charge is 2.50. The Hall–Kier alpha value is -8.46. The van der Waals surface area contributed by atoms with Gasteiger partial charge in [-0.3, -0.25) is 38.4 Å². The minimum Gasteiger partial charge on any atom is -0.377 e. The summed E-state index contributed by atoms with van der Waals surface area (Å²) in [5, 5.41) is 36.3. The van der Waals surface area contributed by atoms with Crippen molar-refractivity contribution in [2.24, 2.45) is 11.8 Å². The summed E-state index contributed by atoms with van der Waals surface area (Å²) in [6.07, 6.45) is 7.96. The first-order valence-electron chi connectivity index (χ1n) is 35.0. The minimum absolute atomic E-state index is 0.125. The van der Waals surface area contributed by atoms with Crippen LogP contribution in [0.5, 0.6) is 0 Å². The van der Waals surface area contributed by atoms with Gasteiger partial charge in [0.15, 0.2) is 0 Å². The van der Waals surface area contributed by atoms with Crippen LogP contribution in [-0.4, -0.2) is 194 Å². The number of nitrogens with zero attached hydrogens (tertiary/aromatic N) is 5. The molecular formula is C73H100N14O11. The summed E-state index contributed by atoms with van der Waals surface area (Å²) in [6.45, 7) is 7.37. The third kappa shape index (κ3) is 20.3. The number of benzene rings is 4. The molecule has 0 saturated carbocycles. The number of aromatic nitrogens is 3. The summed E-state index contributed by atoms with van der Waals surface area (Å²) in [5.74, 6) is -3.19. The molecule has 528 valence electrons. The Morgan fingerprint density at radius 2 is 1.02 bits per heavy atom. The molecule has 5 aromatic rings. The van der Waals surface area contributed by atoms with Gasteiger partial charge in [0.25, 0.3) is 0 Å². The SMILES string of the molecule is CC[C@H](NC)C(=O)N[C@@H]1C(=O)N2[C@@H](CC[C@@H]1CNC(=O)CCc1cn(CCOCCOCCOCCNC(=O)[C@@H](NC(=O)[C@@H]3CC[C@@H]4CC[C@H](CNCc5ccccc5)[C@H](NC(=O)[C@H](CC)NC)C(=O)N43)c3ccccc3)nn1)CC[C@H]2C(=O)NC(c1ccccc1)c1ccccc1. The molecule has 4 saturated heterocycles. The van der Waals surface area contributed by atoms with Crippen LogP contribution >= 0.6 is 0 Å². The molecule has 4 fully saturated rings. The second kappa shape index (κ2) is 38.0. The smallest absolute Gasteiger partial charge is 0.247 e. The van der Waals surface area contributed by atoms with Gasteiger partial charge >= 0.3 is 0 Å². The Morgan fingerprint density at radius 3 is 1.55 bits per heavy atom. The number of hydrogen-bond acceptors (Lipinski definition) is 16. The quantitative estimate of drug-likeness (QED) is 0.0257. The van der Waals surface area contributed by atoms with Crippen molar-refractivity contribution in [1.29, 1.82) is 0 Å². The number of fused-ring (bicyclic) bond motifs is 2. The topological polar surface area (TPSA) is 310 Å². The van der Waals surface area contributed by atoms with Crippen LogP contribution in [-0.2, 0) is 72.1 Å². The Bertz CT molecular complexity index is 3300. The molecule has 5 heterocycles. The second-order valence-corrected chi connectivity index (χ2v) is 25.8. The van der Waals surface area contributed by atoms with E-state index in [4.69, 9.17) is 14.2 Å². The lowest BCUT2D eigenvalue weighted by Gasteiger charge is -2.33. The maximum atomic E-state index is 14.8. The lowest BCUT2D eigenvalue weighted by molar-refractivity contribution is -0.144. The number of carbonyl (C=O) groups is 8. The first-order chi connectivity index (χ1) is 47.8. The summed E-state index contributed by atoms with van der Waals surface area (Å²) in [7, 11) is 3.42. The molecule has 1 aromatic heterocycles. The van der Waals surface area contributed by atoms with Crippen molar-refractivity contribution in [3.8, 4) is 0 Å². The van der Waals surface area contributed by atoms with E-state index in [1.165, 1.54) is 0 Å². The normalized spacial score (nSPS) is 21.6. The van der Waals surface area contributed by atoms with Gasteiger partial charge in [0.1, 0.15) is 30.2 Å².